The van der Waals surface area contributed by atoms with Crippen molar-refractivity contribution in [3.63, 3.8) is 0 Å². The van der Waals surface area contributed by atoms with Crippen molar-refractivity contribution in [2.45, 2.75) is 32.2 Å². The van der Waals surface area contributed by atoms with Gasteiger partial charge in [0.25, 0.3) is 0 Å². The van der Waals surface area contributed by atoms with Crippen molar-refractivity contribution in [2.75, 3.05) is 18.9 Å². The van der Waals surface area contributed by atoms with Crippen molar-refractivity contribution in [1.29, 1.82) is 0 Å². The molecular weight excluding hydrogens is 266 g/mol. The zero-order valence-corrected chi connectivity index (χ0v) is 12.4. The van der Waals surface area contributed by atoms with Crippen molar-refractivity contribution >= 4 is 17.5 Å². The van der Waals surface area contributed by atoms with E-state index in [0.717, 1.165) is 37.1 Å². The van der Waals surface area contributed by atoms with E-state index in [1.165, 1.54) is 0 Å². The van der Waals surface area contributed by atoms with Gasteiger partial charge in [-0.3, -0.25) is 9.59 Å². The Balaban J connectivity index is 1.71. The van der Waals surface area contributed by atoms with Crippen LogP contribution in [0, 0.1) is 5.92 Å². The van der Waals surface area contributed by atoms with E-state index in [-0.39, 0.29) is 17.7 Å². The molecule has 5 heteroatoms. The molecule has 2 rings (SSSR count). The van der Waals surface area contributed by atoms with Crippen LogP contribution in [0.4, 0.5) is 5.69 Å². The Morgan fingerprint density at radius 1 is 1.19 bits per heavy atom. The Labute approximate surface area is 125 Å². The van der Waals surface area contributed by atoms with Crippen molar-refractivity contribution in [3.8, 4) is 0 Å². The van der Waals surface area contributed by atoms with E-state index < -0.39 is 0 Å². The standard InChI is InChI=1S/C16H23N3O2/c1-17-10-2-3-15(20)18-11-12-4-8-14(9-5-12)19-16(21)13-6-7-13/h4-5,8-9,13,17H,2-3,6-7,10-11H2,1H3,(H,18,20)(H,19,21). The Kier molecular flexibility index (Phi) is 5.75. The molecule has 1 fully saturated rings. The zero-order chi connectivity index (χ0) is 15.1. The first-order valence-electron chi connectivity index (χ1n) is 7.50. The van der Waals surface area contributed by atoms with Gasteiger partial charge in [-0.15, -0.1) is 0 Å². The molecular formula is C16H23N3O2. The topological polar surface area (TPSA) is 70.2 Å². The highest BCUT2D eigenvalue weighted by Crippen LogP contribution is 2.30. The van der Waals surface area contributed by atoms with E-state index in [2.05, 4.69) is 16.0 Å². The van der Waals surface area contributed by atoms with E-state index in [1.54, 1.807) is 0 Å². The maximum Gasteiger partial charge on any atom is 0.227 e. The summed E-state index contributed by atoms with van der Waals surface area (Å²) < 4.78 is 0. The number of hydrogen-bond acceptors (Lipinski definition) is 3. The SMILES string of the molecule is CNCCCC(=O)NCc1ccc(NC(=O)C2CC2)cc1. The van der Waals surface area contributed by atoms with Crippen LogP contribution >= 0.6 is 0 Å². The highest BCUT2D eigenvalue weighted by Gasteiger charge is 2.29. The largest absolute Gasteiger partial charge is 0.352 e. The third kappa shape index (κ3) is 5.55. The molecule has 2 amide bonds. The van der Waals surface area contributed by atoms with Crippen LogP contribution in [0.25, 0.3) is 0 Å². The van der Waals surface area contributed by atoms with E-state index in [4.69, 9.17) is 0 Å². The molecule has 0 saturated heterocycles. The molecule has 0 heterocycles. The van der Waals surface area contributed by atoms with E-state index in [0.29, 0.717) is 13.0 Å². The van der Waals surface area contributed by atoms with Crippen molar-refractivity contribution < 1.29 is 9.59 Å². The van der Waals surface area contributed by atoms with Gasteiger partial charge >= 0.3 is 0 Å². The van der Waals surface area contributed by atoms with Gasteiger partial charge in [-0.05, 0) is 50.6 Å². The predicted molar refractivity (Wildman–Crippen MR) is 82.8 cm³/mol. The summed E-state index contributed by atoms with van der Waals surface area (Å²) in [4.78, 5) is 23.2. The summed E-state index contributed by atoms with van der Waals surface area (Å²) in [5, 5.41) is 8.81. The van der Waals surface area contributed by atoms with Crippen LogP contribution in [-0.4, -0.2) is 25.4 Å². The Bertz CT molecular complexity index is 481. The lowest BCUT2D eigenvalue weighted by Crippen LogP contribution is -2.23. The summed E-state index contributed by atoms with van der Waals surface area (Å²) in [7, 11) is 1.88. The molecule has 21 heavy (non-hydrogen) atoms. The maximum absolute atomic E-state index is 11.6. The number of hydrogen-bond donors (Lipinski definition) is 3. The fourth-order valence-electron chi connectivity index (χ4n) is 2.01. The summed E-state index contributed by atoms with van der Waals surface area (Å²) in [6.45, 7) is 1.37. The molecule has 0 spiro atoms. The molecule has 0 radical (unpaired) electrons. The number of nitrogens with one attached hydrogen (secondary N) is 3. The number of carbonyl (C=O) groups is 2. The minimum Gasteiger partial charge on any atom is -0.352 e. The van der Waals surface area contributed by atoms with Crippen LogP contribution in [0.1, 0.15) is 31.2 Å². The van der Waals surface area contributed by atoms with Crippen LogP contribution in [0.15, 0.2) is 24.3 Å². The van der Waals surface area contributed by atoms with E-state index >= 15 is 0 Å². The molecule has 1 aromatic rings. The lowest BCUT2D eigenvalue weighted by atomic mass is 10.2. The van der Waals surface area contributed by atoms with Gasteiger partial charge in [0.15, 0.2) is 0 Å². The second kappa shape index (κ2) is 7.78. The first-order valence-corrected chi connectivity index (χ1v) is 7.50. The molecule has 0 aromatic heterocycles. The third-order valence-electron chi connectivity index (χ3n) is 3.49. The number of rotatable bonds is 8. The van der Waals surface area contributed by atoms with Gasteiger partial charge in [-0.1, -0.05) is 12.1 Å². The molecule has 1 aliphatic carbocycles. The fourth-order valence-corrected chi connectivity index (χ4v) is 2.01. The highest BCUT2D eigenvalue weighted by atomic mass is 16.2. The number of amides is 2. The van der Waals surface area contributed by atoms with Crippen LogP contribution < -0.4 is 16.0 Å². The third-order valence-corrected chi connectivity index (χ3v) is 3.49. The van der Waals surface area contributed by atoms with Crippen LogP contribution in [0.2, 0.25) is 0 Å². The fraction of sp³-hybridized carbons (Fsp3) is 0.500. The molecule has 0 unspecified atom stereocenters. The van der Waals surface area contributed by atoms with Crippen molar-refractivity contribution in [3.05, 3.63) is 29.8 Å². The molecule has 1 aliphatic rings. The van der Waals surface area contributed by atoms with Gasteiger partial charge in [0.2, 0.25) is 11.8 Å². The zero-order valence-electron chi connectivity index (χ0n) is 12.4. The Hall–Kier alpha value is -1.88. The van der Waals surface area contributed by atoms with Crippen LogP contribution in [-0.2, 0) is 16.1 Å². The lowest BCUT2D eigenvalue weighted by Gasteiger charge is -2.07. The molecule has 0 atom stereocenters. The summed E-state index contributed by atoms with van der Waals surface area (Å²) in [6.07, 6.45) is 3.39. The van der Waals surface area contributed by atoms with Gasteiger partial charge in [-0.2, -0.15) is 0 Å². The summed E-state index contributed by atoms with van der Waals surface area (Å²) in [5.41, 5.74) is 1.84. The first kappa shape index (κ1) is 15.5. The van der Waals surface area contributed by atoms with Crippen LogP contribution in [0.5, 0.6) is 0 Å². The average Bonchev–Trinajstić information content (AvgIpc) is 3.31. The molecule has 5 nitrogen and oxygen atoms in total. The van der Waals surface area contributed by atoms with Gasteiger partial charge in [0.1, 0.15) is 0 Å². The van der Waals surface area contributed by atoms with E-state index in [9.17, 15) is 9.59 Å². The Morgan fingerprint density at radius 3 is 2.52 bits per heavy atom. The minimum absolute atomic E-state index is 0.0661. The lowest BCUT2D eigenvalue weighted by molar-refractivity contribution is -0.121. The van der Waals surface area contributed by atoms with Gasteiger partial charge in [0.05, 0.1) is 0 Å². The molecule has 0 bridgehead atoms. The normalized spacial score (nSPS) is 13.8. The summed E-state index contributed by atoms with van der Waals surface area (Å²) in [6, 6.07) is 7.61. The first-order chi connectivity index (χ1) is 10.2. The molecule has 114 valence electrons. The molecule has 1 aromatic carbocycles. The molecule has 0 aliphatic heterocycles. The molecule has 3 N–H and O–H groups in total. The second-order valence-corrected chi connectivity index (χ2v) is 5.44. The van der Waals surface area contributed by atoms with Gasteiger partial charge in [0, 0.05) is 24.6 Å². The maximum atomic E-state index is 11.6. The second-order valence-electron chi connectivity index (χ2n) is 5.44. The van der Waals surface area contributed by atoms with Crippen LogP contribution in [0.3, 0.4) is 0 Å². The number of anilines is 1. The molecule has 1 saturated carbocycles. The number of carbonyl (C=O) groups excluding carboxylic acids is 2. The van der Waals surface area contributed by atoms with Crippen molar-refractivity contribution in [2.24, 2.45) is 5.92 Å². The van der Waals surface area contributed by atoms with Crippen molar-refractivity contribution in [1.82, 2.24) is 10.6 Å². The summed E-state index contributed by atoms with van der Waals surface area (Å²) in [5.74, 6) is 0.388. The number of benzene rings is 1. The Morgan fingerprint density at radius 2 is 1.90 bits per heavy atom. The smallest absolute Gasteiger partial charge is 0.227 e. The monoisotopic (exact) mass is 289 g/mol. The highest BCUT2D eigenvalue weighted by molar-refractivity contribution is 5.94. The van der Waals surface area contributed by atoms with Gasteiger partial charge < -0.3 is 16.0 Å². The van der Waals surface area contributed by atoms with Gasteiger partial charge in [-0.25, -0.2) is 0 Å². The average molecular weight is 289 g/mol. The van der Waals surface area contributed by atoms with E-state index in [1.807, 2.05) is 31.3 Å². The summed E-state index contributed by atoms with van der Waals surface area (Å²) >= 11 is 0. The quantitative estimate of drug-likeness (QED) is 0.637. The predicted octanol–water partition coefficient (Wildman–Crippen LogP) is 1.65. The minimum atomic E-state index is 0.0661.